The smallest absolute Gasteiger partial charge is 0.312 e. The highest BCUT2D eigenvalue weighted by Gasteiger charge is 2.12. The van der Waals surface area contributed by atoms with Crippen LogP contribution in [0.4, 0.5) is 4.79 Å². The van der Waals surface area contributed by atoms with Crippen molar-refractivity contribution in [1.82, 2.24) is 10.6 Å². The van der Waals surface area contributed by atoms with Gasteiger partial charge >= 0.3 is 6.03 Å². The van der Waals surface area contributed by atoms with Crippen molar-refractivity contribution in [3.8, 4) is 0 Å². The van der Waals surface area contributed by atoms with Crippen molar-refractivity contribution in [1.29, 1.82) is 0 Å². The summed E-state index contributed by atoms with van der Waals surface area (Å²) < 4.78 is 0. The fourth-order valence-corrected chi connectivity index (χ4v) is 1.33. The molecule has 0 atom stereocenters. The normalized spacial score (nSPS) is 18.0. The molecular weight excluding hydrogens is 178 g/mol. The van der Waals surface area contributed by atoms with Crippen molar-refractivity contribution >= 4 is 18.4 Å². The summed E-state index contributed by atoms with van der Waals surface area (Å²) >= 11 is 0. The Kier molecular flexibility index (Phi) is 5.84. The van der Waals surface area contributed by atoms with Crippen LogP contribution < -0.4 is 16.4 Å². The molecule has 1 aliphatic rings. The fourth-order valence-electron chi connectivity index (χ4n) is 1.33. The SMILES string of the molecule is Cl.NC(=O)NCC1CCNCC1. The Labute approximate surface area is 78.7 Å². The van der Waals surface area contributed by atoms with Crippen LogP contribution in [0.1, 0.15) is 12.8 Å². The van der Waals surface area contributed by atoms with Gasteiger partial charge in [0, 0.05) is 6.54 Å². The van der Waals surface area contributed by atoms with Gasteiger partial charge in [-0.15, -0.1) is 12.4 Å². The van der Waals surface area contributed by atoms with Crippen molar-refractivity contribution in [2.24, 2.45) is 11.7 Å². The van der Waals surface area contributed by atoms with Gasteiger partial charge in [-0.3, -0.25) is 0 Å². The molecule has 0 spiro atoms. The molecule has 4 N–H and O–H groups in total. The number of primary amides is 1. The van der Waals surface area contributed by atoms with E-state index >= 15 is 0 Å². The Bertz CT molecular complexity index is 137. The van der Waals surface area contributed by atoms with Crippen LogP contribution in [0.2, 0.25) is 0 Å². The van der Waals surface area contributed by atoms with Crippen LogP contribution in [-0.4, -0.2) is 25.7 Å². The third kappa shape index (κ3) is 4.41. The van der Waals surface area contributed by atoms with Gasteiger partial charge in [0.15, 0.2) is 0 Å². The van der Waals surface area contributed by atoms with Gasteiger partial charge in [-0.05, 0) is 31.8 Å². The zero-order chi connectivity index (χ0) is 8.10. The number of hydrogen-bond acceptors (Lipinski definition) is 2. The van der Waals surface area contributed by atoms with E-state index in [0.29, 0.717) is 5.92 Å². The highest BCUT2D eigenvalue weighted by atomic mass is 35.5. The third-order valence-electron chi connectivity index (χ3n) is 2.02. The molecule has 1 rings (SSSR count). The molecule has 5 heteroatoms. The molecule has 1 aliphatic heterocycles. The molecule has 0 bridgehead atoms. The lowest BCUT2D eigenvalue weighted by molar-refractivity contribution is 0.245. The molecule has 0 radical (unpaired) electrons. The maximum absolute atomic E-state index is 10.3. The summed E-state index contributed by atoms with van der Waals surface area (Å²) in [7, 11) is 0. The van der Waals surface area contributed by atoms with E-state index in [9.17, 15) is 4.79 Å². The van der Waals surface area contributed by atoms with Gasteiger partial charge in [0.25, 0.3) is 0 Å². The minimum atomic E-state index is -0.413. The van der Waals surface area contributed by atoms with Crippen LogP contribution in [0, 0.1) is 5.92 Å². The van der Waals surface area contributed by atoms with Gasteiger partial charge < -0.3 is 16.4 Å². The summed E-state index contributed by atoms with van der Waals surface area (Å²) in [6.45, 7) is 2.85. The number of carbonyl (C=O) groups excluding carboxylic acids is 1. The maximum Gasteiger partial charge on any atom is 0.312 e. The summed E-state index contributed by atoms with van der Waals surface area (Å²) in [6, 6.07) is -0.413. The second-order valence-corrected chi connectivity index (χ2v) is 2.94. The predicted octanol–water partition coefficient (Wildman–Crippen LogP) is 0.0761. The second-order valence-electron chi connectivity index (χ2n) is 2.94. The standard InChI is InChI=1S/C7H15N3O.ClH/c8-7(11)10-5-6-1-3-9-4-2-6;/h6,9H,1-5H2,(H3,8,10,11);1H. The van der Waals surface area contributed by atoms with Gasteiger partial charge in [-0.1, -0.05) is 0 Å². The molecule has 0 aromatic carbocycles. The van der Waals surface area contributed by atoms with Gasteiger partial charge in [0.2, 0.25) is 0 Å². The van der Waals surface area contributed by atoms with E-state index in [1.807, 2.05) is 0 Å². The van der Waals surface area contributed by atoms with Crippen LogP contribution in [-0.2, 0) is 0 Å². The van der Waals surface area contributed by atoms with Gasteiger partial charge in [-0.2, -0.15) is 0 Å². The molecule has 0 saturated carbocycles. The fraction of sp³-hybridized carbons (Fsp3) is 0.857. The number of halogens is 1. The van der Waals surface area contributed by atoms with Crippen molar-refractivity contribution < 1.29 is 4.79 Å². The van der Waals surface area contributed by atoms with E-state index in [-0.39, 0.29) is 12.4 Å². The first-order valence-corrected chi connectivity index (χ1v) is 4.03. The molecule has 12 heavy (non-hydrogen) atoms. The third-order valence-corrected chi connectivity index (χ3v) is 2.02. The zero-order valence-electron chi connectivity index (χ0n) is 7.01. The lowest BCUT2D eigenvalue weighted by Crippen LogP contribution is -2.38. The largest absolute Gasteiger partial charge is 0.352 e. The molecule has 4 nitrogen and oxygen atoms in total. The van der Waals surface area contributed by atoms with Crippen LogP contribution >= 0.6 is 12.4 Å². The highest BCUT2D eigenvalue weighted by Crippen LogP contribution is 2.09. The molecule has 0 aromatic rings. The Morgan fingerprint density at radius 2 is 2.08 bits per heavy atom. The Hall–Kier alpha value is -0.480. The van der Waals surface area contributed by atoms with Gasteiger partial charge in [0.1, 0.15) is 0 Å². The summed E-state index contributed by atoms with van der Waals surface area (Å²) in [5.41, 5.74) is 4.94. The van der Waals surface area contributed by atoms with Crippen LogP contribution in [0.25, 0.3) is 0 Å². The van der Waals surface area contributed by atoms with Gasteiger partial charge in [0.05, 0.1) is 0 Å². The number of nitrogens with two attached hydrogens (primary N) is 1. The number of amides is 2. The Morgan fingerprint density at radius 1 is 1.50 bits per heavy atom. The van der Waals surface area contributed by atoms with Crippen molar-refractivity contribution in [3.05, 3.63) is 0 Å². The zero-order valence-corrected chi connectivity index (χ0v) is 7.82. The Balaban J connectivity index is 0.00000121. The number of rotatable bonds is 2. The van der Waals surface area contributed by atoms with Gasteiger partial charge in [-0.25, -0.2) is 4.79 Å². The molecular formula is C7H16ClN3O. The predicted molar refractivity (Wildman–Crippen MR) is 50.4 cm³/mol. The van der Waals surface area contributed by atoms with E-state index in [1.165, 1.54) is 0 Å². The van der Waals surface area contributed by atoms with E-state index < -0.39 is 6.03 Å². The van der Waals surface area contributed by atoms with Crippen molar-refractivity contribution in [3.63, 3.8) is 0 Å². The molecule has 0 unspecified atom stereocenters. The van der Waals surface area contributed by atoms with E-state index in [2.05, 4.69) is 10.6 Å². The van der Waals surface area contributed by atoms with E-state index in [1.54, 1.807) is 0 Å². The molecule has 0 aromatic heterocycles. The first-order chi connectivity index (χ1) is 5.29. The van der Waals surface area contributed by atoms with E-state index in [0.717, 1.165) is 32.5 Å². The highest BCUT2D eigenvalue weighted by molar-refractivity contribution is 5.85. The van der Waals surface area contributed by atoms with E-state index in [4.69, 9.17) is 5.73 Å². The monoisotopic (exact) mass is 193 g/mol. The van der Waals surface area contributed by atoms with Crippen molar-refractivity contribution in [2.75, 3.05) is 19.6 Å². The Morgan fingerprint density at radius 3 is 2.58 bits per heavy atom. The summed E-state index contributed by atoms with van der Waals surface area (Å²) in [6.07, 6.45) is 2.28. The van der Waals surface area contributed by atoms with Crippen LogP contribution in [0.15, 0.2) is 0 Å². The molecule has 0 aliphatic carbocycles. The lowest BCUT2D eigenvalue weighted by atomic mass is 9.98. The molecule has 72 valence electrons. The summed E-state index contributed by atoms with van der Waals surface area (Å²) in [5.74, 6) is 0.615. The number of hydrogen-bond donors (Lipinski definition) is 3. The minimum absolute atomic E-state index is 0. The first-order valence-electron chi connectivity index (χ1n) is 4.03. The topological polar surface area (TPSA) is 67.2 Å². The second kappa shape index (κ2) is 6.08. The van der Waals surface area contributed by atoms with Crippen LogP contribution in [0.5, 0.6) is 0 Å². The number of piperidine rings is 1. The number of nitrogens with one attached hydrogen (secondary N) is 2. The minimum Gasteiger partial charge on any atom is -0.352 e. The number of urea groups is 1. The number of carbonyl (C=O) groups is 1. The van der Waals surface area contributed by atoms with Crippen LogP contribution in [0.3, 0.4) is 0 Å². The average molecular weight is 194 g/mol. The molecule has 2 amide bonds. The maximum atomic E-state index is 10.3. The lowest BCUT2D eigenvalue weighted by Gasteiger charge is -2.22. The molecule has 1 heterocycles. The average Bonchev–Trinajstić information content (AvgIpc) is 2.03. The molecule has 1 fully saturated rings. The molecule has 1 saturated heterocycles. The quantitative estimate of drug-likeness (QED) is 0.582. The first kappa shape index (κ1) is 11.5. The van der Waals surface area contributed by atoms with Crippen molar-refractivity contribution in [2.45, 2.75) is 12.8 Å². The summed E-state index contributed by atoms with van der Waals surface area (Å²) in [5, 5.41) is 5.88. The summed E-state index contributed by atoms with van der Waals surface area (Å²) in [4.78, 5) is 10.3.